The van der Waals surface area contributed by atoms with Gasteiger partial charge in [0.05, 0.1) is 16.5 Å². The Balaban J connectivity index is 1.31. The average molecular weight is 444 g/mol. The summed E-state index contributed by atoms with van der Waals surface area (Å²) in [6, 6.07) is 15.9. The molecule has 0 amide bonds. The largest absolute Gasteiger partial charge is 0.494 e. The van der Waals surface area contributed by atoms with Crippen LogP contribution in [0, 0.1) is 26.1 Å². The lowest BCUT2D eigenvalue weighted by Crippen LogP contribution is -2.20. The van der Waals surface area contributed by atoms with Crippen LogP contribution in [0.5, 0.6) is 5.75 Å². The lowest BCUT2D eigenvalue weighted by molar-refractivity contribution is -0.385. The average Bonchev–Trinajstić information content (AvgIpc) is 2.83. The molecule has 2 aliphatic rings. The van der Waals surface area contributed by atoms with E-state index in [0.717, 1.165) is 48.8 Å². The standard InChI is InChI=1S/C26H24N2O5/c29-27(30)19-7-9-20(10-8-19)33-15-14-17-4-5-18-6-11-22-21-2-1-3-26(28(31)32)24(21)13-12-23(22)25(18)16-17/h1-3,6-11,17H,4-5,12-16H2. The monoisotopic (exact) mass is 444 g/mol. The van der Waals surface area contributed by atoms with Crippen molar-refractivity contribution in [2.45, 2.75) is 38.5 Å². The molecule has 0 saturated heterocycles. The Morgan fingerprint density at radius 1 is 0.818 bits per heavy atom. The number of nitrogens with zero attached hydrogens (tertiary/aromatic N) is 2. The summed E-state index contributed by atoms with van der Waals surface area (Å²) in [5.74, 6) is 1.15. The smallest absolute Gasteiger partial charge is 0.273 e. The Morgan fingerprint density at radius 2 is 1.58 bits per heavy atom. The fourth-order valence-corrected chi connectivity index (χ4v) is 5.28. The van der Waals surface area contributed by atoms with Crippen molar-refractivity contribution >= 4 is 11.4 Å². The van der Waals surface area contributed by atoms with Crippen molar-refractivity contribution < 1.29 is 14.6 Å². The third-order valence-electron chi connectivity index (χ3n) is 6.95. The highest BCUT2D eigenvalue weighted by Gasteiger charge is 2.28. The molecule has 0 radical (unpaired) electrons. The van der Waals surface area contributed by atoms with Crippen molar-refractivity contribution in [3.63, 3.8) is 0 Å². The summed E-state index contributed by atoms with van der Waals surface area (Å²) in [6.07, 6.45) is 5.59. The van der Waals surface area contributed by atoms with Gasteiger partial charge in [-0.15, -0.1) is 0 Å². The van der Waals surface area contributed by atoms with Gasteiger partial charge in [-0.3, -0.25) is 20.2 Å². The number of benzene rings is 3. The maximum absolute atomic E-state index is 11.5. The van der Waals surface area contributed by atoms with Crippen LogP contribution < -0.4 is 4.74 Å². The molecule has 2 aliphatic carbocycles. The van der Waals surface area contributed by atoms with Gasteiger partial charge in [0.15, 0.2) is 0 Å². The molecule has 1 atom stereocenters. The van der Waals surface area contributed by atoms with Crippen LogP contribution in [0.25, 0.3) is 11.1 Å². The Labute approximate surface area is 191 Å². The second-order valence-corrected chi connectivity index (χ2v) is 8.79. The van der Waals surface area contributed by atoms with Gasteiger partial charge in [0, 0.05) is 23.8 Å². The van der Waals surface area contributed by atoms with E-state index in [1.165, 1.54) is 28.8 Å². The van der Waals surface area contributed by atoms with Crippen LogP contribution in [0.4, 0.5) is 11.4 Å². The van der Waals surface area contributed by atoms with Gasteiger partial charge in [-0.1, -0.05) is 24.3 Å². The molecule has 33 heavy (non-hydrogen) atoms. The molecule has 3 aromatic carbocycles. The first kappa shape index (κ1) is 21.1. The normalized spacial score (nSPS) is 16.3. The maximum atomic E-state index is 11.5. The van der Waals surface area contributed by atoms with E-state index >= 15 is 0 Å². The van der Waals surface area contributed by atoms with E-state index in [9.17, 15) is 20.2 Å². The molecule has 0 saturated carbocycles. The summed E-state index contributed by atoms with van der Waals surface area (Å²) in [4.78, 5) is 21.6. The number of hydrogen-bond acceptors (Lipinski definition) is 5. The Morgan fingerprint density at radius 3 is 2.33 bits per heavy atom. The highest BCUT2D eigenvalue weighted by atomic mass is 16.6. The number of non-ortho nitro benzene ring substituents is 1. The van der Waals surface area contributed by atoms with Gasteiger partial charge < -0.3 is 4.74 Å². The van der Waals surface area contributed by atoms with Gasteiger partial charge >= 0.3 is 0 Å². The third-order valence-corrected chi connectivity index (χ3v) is 6.95. The maximum Gasteiger partial charge on any atom is 0.273 e. The first-order valence-corrected chi connectivity index (χ1v) is 11.3. The summed E-state index contributed by atoms with van der Waals surface area (Å²) < 4.78 is 5.84. The van der Waals surface area contributed by atoms with E-state index < -0.39 is 4.92 Å². The van der Waals surface area contributed by atoms with Crippen molar-refractivity contribution in [1.82, 2.24) is 0 Å². The number of hydrogen-bond donors (Lipinski definition) is 0. The molecule has 1 unspecified atom stereocenters. The molecule has 0 heterocycles. The highest BCUT2D eigenvalue weighted by molar-refractivity contribution is 5.78. The number of ether oxygens (including phenoxy) is 1. The zero-order chi connectivity index (χ0) is 22.9. The van der Waals surface area contributed by atoms with E-state index in [0.29, 0.717) is 24.7 Å². The summed E-state index contributed by atoms with van der Waals surface area (Å²) in [5.41, 5.74) is 7.42. The molecule has 0 aromatic heterocycles. The number of rotatable bonds is 6. The lowest BCUT2D eigenvalue weighted by atomic mass is 9.74. The number of nitro benzene ring substituents is 2. The van der Waals surface area contributed by atoms with Gasteiger partial charge in [0.2, 0.25) is 0 Å². The number of fused-ring (bicyclic) bond motifs is 5. The van der Waals surface area contributed by atoms with E-state index in [4.69, 9.17) is 4.74 Å². The molecule has 0 bridgehead atoms. The molecular formula is C26H24N2O5. The third kappa shape index (κ3) is 4.06. The second kappa shape index (κ2) is 8.65. The molecule has 0 spiro atoms. The minimum absolute atomic E-state index is 0.0583. The fourth-order valence-electron chi connectivity index (χ4n) is 5.28. The summed E-state index contributed by atoms with van der Waals surface area (Å²) >= 11 is 0. The van der Waals surface area contributed by atoms with E-state index in [1.807, 2.05) is 6.07 Å². The van der Waals surface area contributed by atoms with Crippen molar-refractivity contribution in [3.05, 3.63) is 97.1 Å². The van der Waals surface area contributed by atoms with Crippen LogP contribution in [0.1, 0.15) is 35.1 Å². The van der Waals surface area contributed by atoms with E-state index in [2.05, 4.69) is 12.1 Å². The van der Waals surface area contributed by atoms with E-state index in [1.54, 1.807) is 24.3 Å². The molecule has 5 rings (SSSR count). The second-order valence-electron chi connectivity index (χ2n) is 8.79. The van der Waals surface area contributed by atoms with Gasteiger partial charge in [-0.25, -0.2) is 0 Å². The fraction of sp³-hybridized carbons (Fsp3) is 0.308. The first-order valence-electron chi connectivity index (χ1n) is 11.3. The quantitative estimate of drug-likeness (QED) is 0.351. The Bertz CT molecular complexity index is 1240. The minimum atomic E-state index is -0.416. The topological polar surface area (TPSA) is 95.5 Å². The van der Waals surface area contributed by atoms with Crippen molar-refractivity contribution in [2.24, 2.45) is 5.92 Å². The van der Waals surface area contributed by atoms with Crippen LogP contribution in [-0.2, 0) is 25.7 Å². The Hall–Kier alpha value is -3.74. The summed E-state index contributed by atoms with van der Waals surface area (Å²) in [5, 5.41) is 22.3. The van der Waals surface area contributed by atoms with Gasteiger partial charge in [0.25, 0.3) is 11.4 Å². The molecule has 0 fully saturated rings. The predicted octanol–water partition coefficient (Wildman–Crippen LogP) is 5.84. The molecular weight excluding hydrogens is 420 g/mol. The van der Waals surface area contributed by atoms with Crippen molar-refractivity contribution in [2.75, 3.05) is 6.61 Å². The van der Waals surface area contributed by atoms with Crippen molar-refractivity contribution in [1.29, 1.82) is 0 Å². The molecule has 7 heteroatoms. The van der Waals surface area contributed by atoms with Crippen LogP contribution in [0.3, 0.4) is 0 Å². The minimum Gasteiger partial charge on any atom is -0.494 e. The van der Waals surface area contributed by atoms with Crippen molar-refractivity contribution in [3.8, 4) is 16.9 Å². The van der Waals surface area contributed by atoms with Crippen LogP contribution >= 0.6 is 0 Å². The molecule has 3 aromatic rings. The van der Waals surface area contributed by atoms with Crippen LogP contribution in [0.2, 0.25) is 0 Å². The molecule has 168 valence electrons. The summed E-state index contributed by atoms with van der Waals surface area (Å²) in [7, 11) is 0. The van der Waals surface area contributed by atoms with Gasteiger partial charge in [0.1, 0.15) is 5.75 Å². The SMILES string of the molecule is O=[N+]([O-])c1ccc(OCCC2CCc3ccc4c(c3C2)CCc2c-4cccc2[N+](=O)[O-])cc1. The van der Waals surface area contributed by atoms with Gasteiger partial charge in [-0.2, -0.15) is 0 Å². The summed E-state index contributed by atoms with van der Waals surface area (Å²) in [6.45, 7) is 0.571. The first-order chi connectivity index (χ1) is 16.0. The molecule has 0 N–H and O–H groups in total. The van der Waals surface area contributed by atoms with Crippen LogP contribution in [0.15, 0.2) is 54.6 Å². The van der Waals surface area contributed by atoms with E-state index in [-0.39, 0.29) is 16.3 Å². The molecule has 0 aliphatic heterocycles. The lowest BCUT2D eigenvalue weighted by Gasteiger charge is -2.30. The van der Waals surface area contributed by atoms with Crippen LogP contribution in [-0.4, -0.2) is 16.5 Å². The highest BCUT2D eigenvalue weighted by Crippen LogP contribution is 2.42. The number of aryl methyl sites for hydroxylation is 1. The number of nitro groups is 2. The zero-order valence-corrected chi connectivity index (χ0v) is 18.2. The molecule has 7 nitrogen and oxygen atoms in total. The predicted molar refractivity (Wildman–Crippen MR) is 125 cm³/mol. The zero-order valence-electron chi connectivity index (χ0n) is 18.2. The Kier molecular flexibility index (Phi) is 5.54. The van der Waals surface area contributed by atoms with Gasteiger partial charge in [-0.05, 0) is 84.4 Å².